The number of carboxylic acid groups (broad SMARTS) is 1. The number of carbonyl (C=O) groups is 1. The second-order valence-corrected chi connectivity index (χ2v) is 10.5. The summed E-state index contributed by atoms with van der Waals surface area (Å²) in [5.74, 6) is -1.44. The summed E-state index contributed by atoms with van der Waals surface area (Å²) >= 11 is 6.32. The van der Waals surface area contributed by atoms with Gasteiger partial charge < -0.3 is 34.1 Å². The second-order valence-electron chi connectivity index (χ2n) is 10.1. The molecule has 3 saturated heterocycles. The molecule has 0 amide bonds. The fourth-order valence-electron chi connectivity index (χ4n) is 5.47. The molecule has 3 atom stereocenters. The smallest absolute Gasteiger partial charge is 0.326 e. The minimum absolute atomic E-state index is 0.0512. The highest BCUT2D eigenvalue weighted by molar-refractivity contribution is 6.30. The van der Waals surface area contributed by atoms with Crippen molar-refractivity contribution in [3.63, 3.8) is 0 Å². The number of halogens is 3. The lowest BCUT2D eigenvalue weighted by molar-refractivity contribution is -0.228. The Bertz CT molecular complexity index is 1390. The zero-order chi connectivity index (χ0) is 28.0. The van der Waals surface area contributed by atoms with Crippen LogP contribution in [0.1, 0.15) is 25.6 Å². The Labute approximate surface area is 233 Å². The van der Waals surface area contributed by atoms with E-state index in [9.17, 15) is 18.7 Å². The highest BCUT2D eigenvalue weighted by atomic mass is 35.5. The van der Waals surface area contributed by atoms with Crippen LogP contribution in [0.2, 0.25) is 5.02 Å². The molecule has 11 nitrogen and oxygen atoms in total. The number of alkyl halides is 2. The van der Waals surface area contributed by atoms with E-state index in [2.05, 4.69) is 24.8 Å². The minimum Gasteiger partial charge on any atom is -0.480 e. The van der Waals surface area contributed by atoms with Crippen LogP contribution in [-0.2, 0) is 14.3 Å². The number of nitrogens with one attached hydrogen (secondary N) is 1. The molecule has 0 radical (unpaired) electrons. The van der Waals surface area contributed by atoms with Crippen LogP contribution < -0.4 is 14.5 Å². The Kier molecular flexibility index (Phi) is 6.97. The highest BCUT2D eigenvalue weighted by Gasteiger charge is 2.50. The fraction of sp³-hybridized carbons (Fsp3) is 0.462. The van der Waals surface area contributed by atoms with Crippen molar-refractivity contribution in [3.8, 4) is 17.3 Å². The number of pyridine rings is 1. The molecule has 1 spiro atoms. The normalized spacial score (nSPS) is 24.0. The molecule has 3 aliphatic heterocycles. The molecule has 212 valence electrons. The highest BCUT2D eigenvalue weighted by Crippen LogP contribution is 2.40. The van der Waals surface area contributed by atoms with Gasteiger partial charge in [0, 0.05) is 31.4 Å². The number of hydrogen-bond acceptors (Lipinski definition) is 9. The van der Waals surface area contributed by atoms with E-state index in [0.717, 1.165) is 0 Å². The topological polar surface area (TPSA) is 126 Å². The van der Waals surface area contributed by atoms with E-state index in [1.165, 1.54) is 17.2 Å². The SMILES string of the molecule is C[C@@H]1N(c2cc(Cl)cnc2O[C@H]2C[C@@H](C(=O)O)N(c3cc(-c4ccc[nH]4)nc(C(F)F)n3)C2)CCOC12COC2. The summed E-state index contributed by atoms with van der Waals surface area (Å²) in [6, 6.07) is 5.55. The first-order chi connectivity index (χ1) is 19.2. The molecule has 3 aromatic rings. The number of rotatable bonds is 7. The molecule has 2 N–H and O–H groups in total. The number of nitrogens with zero attached hydrogens (tertiary/aromatic N) is 5. The summed E-state index contributed by atoms with van der Waals surface area (Å²) in [5, 5.41) is 10.4. The molecule has 0 aromatic carbocycles. The van der Waals surface area contributed by atoms with Crippen LogP contribution in [0.4, 0.5) is 20.3 Å². The van der Waals surface area contributed by atoms with Crippen LogP contribution >= 0.6 is 11.6 Å². The van der Waals surface area contributed by atoms with E-state index in [1.54, 1.807) is 24.4 Å². The Balaban J connectivity index is 1.29. The molecule has 0 aliphatic carbocycles. The lowest BCUT2D eigenvalue weighted by Crippen LogP contribution is -2.68. The van der Waals surface area contributed by atoms with Crippen molar-refractivity contribution in [3.05, 3.63) is 47.5 Å². The summed E-state index contributed by atoms with van der Waals surface area (Å²) in [6.07, 6.45) is -0.361. The molecule has 0 bridgehead atoms. The quantitative estimate of drug-likeness (QED) is 0.431. The number of ether oxygens (including phenoxy) is 3. The van der Waals surface area contributed by atoms with Gasteiger partial charge in [-0.05, 0) is 25.1 Å². The van der Waals surface area contributed by atoms with Gasteiger partial charge >= 0.3 is 5.97 Å². The van der Waals surface area contributed by atoms with Gasteiger partial charge in [0.25, 0.3) is 6.43 Å². The zero-order valence-electron chi connectivity index (χ0n) is 21.5. The van der Waals surface area contributed by atoms with Gasteiger partial charge in [0.05, 0.1) is 48.8 Å². The molecule has 40 heavy (non-hydrogen) atoms. The van der Waals surface area contributed by atoms with Crippen LogP contribution in [0, 0.1) is 0 Å². The van der Waals surface area contributed by atoms with Crippen molar-refractivity contribution in [1.29, 1.82) is 0 Å². The van der Waals surface area contributed by atoms with Gasteiger partial charge in [-0.15, -0.1) is 0 Å². The molecular weight excluding hydrogens is 550 g/mol. The predicted octanol–water partition coefficient (Wildman–Crippen LogP) is 3.56. The van der Waals surface area contributed by atoms with Gasteiger partial charge in [0.1, 0.15) is 29.3 Å². The fourth-order valence-corrected chi connectivity index (χ4v) is 5.62. The Morgan fingerprint density at radius 3 is 2.80 bits per heavy atom. The number of carboxylic acids is 1. The molecule has 0 unspecified atom stereocenters. The number of aromatic amines is 1. The summed E-state index contributed by atoms with van der Waals surface area (Å²) in [5.41, 5.74) is 0.975. The maximum Gasteiger partial charge on any atom is 0.326 e. The van der Waals surface area contributed by atoms with Crippen molar-refractivity contribution in [1.82, 2.24) is 19.9 Å². The van der Waals surface area contributed by atoms with Gasteiger partial charge in [0.15, 0.2) is 5.82 Å². The second kappa shape index (κ2) is 10.5. The van der Waals surface area contributed by atoms with E-state index < -0.39 is 36.0 Å². The van der Waals surface area contributed by atoms with Gasteiger partial charge in [-0.2, -0.15) is 0 Å². The van der Waals surface area contributed by atoms with E-state index in [4.69, 9.17) is 25.8 Å². The predicted molar refractivity (Wildman–Crippen MR) is 140 cm³/mol. The molecule has 3 aromatic heterocycles. The molecule has 3 aliphatic rings. The molecule has 3 fully saturated rings. The van der Waals surface area contributed by atoms with Crippen LogP contribution in [-0.4, -0.2) is 87.7 Å². The number of morpholine rings is 1. The number of hydrogen-bond donors (Lipinski definition) is 2. The largest absolute Gasteiger partial charge is 0.480 e. The van der Waals surface area contributed by atoms with Crippen molar-refractivity contribution >= 4 is 29.1 Å². The molecule has 6 rings (SSSR count). The molecular formula is C26H27ClF2N6O5. The van der Waals surface area contributed by atoms with Crippen LogP contribution in [0.3, 0.4) is 0 Å². The standard InChI is InChI=1S/C26H27ClF2N6O5/c1-14-26(12-38-13-26)39-6-5-34(14)19-7-15(27)10-31-24(19)40-16-8-20(25(36)37)35(11-16)21-9-18(17-3-2-4-30-17)32-23(33-21)22(28)29/h2-4,7,9-10,14,16,20,22,30H,5-6,8,11-13H2,1H3,(H,36,37)/t14-,16-,20-/m0/s1. The average molecular weight is 577 g/mol. The summed E-state index contributed by atoms with van der Waals surface area (Å²) in [7, 11) is 0. The van der Waals surface area contributed by atoms with E-state index in [0.29, 0.717) is 48.6 Å². The molecule has 6 heterocycles. The summed E-state index contributed by atoms with van der Waals surface area (Å²) in [4.78, 5) is 31.2. The van der Waals surface area contributed by atoms with E-state index in [-0.39, 0.29) is 30.5 Å². The number of H-pyrrole nitrogens is 1. The van der Waals surface area contributed by atoms with Gasteiger partial charge in [0.2, 0.25) is 5.88 Å². The lowest BCUT2D eigenvalue weighted by atomic mass is 9.90. The number of anilines is 2. The molecule has 0 saturated carbocycles. The van der Waals surface area contributed by atoms with Crippen LogP contribution in [0.5, 0.6) is 5.88 Å². The van der Waals surface area contributed by atoms with Gasteiger partial charge in [-0.3, -0.25) is 0 Å². The monoisotopic (exact) mass is 576 g/mol. The third-order valence-corrected chi connectivity index (χ3v) is 7.88. The van der Waals surface area contributed by atoms with E-state index in [1.807, 2.05) is 6.92 Å². The minimum atomic E-state index is -2.94. The Morgan fingerprint density at radius 2 is 2.12 bits per heavy atom. The molecule has 14 heteroatoms. The lowest BCUT2D eigenvalue weighted by Gasteiger charge is -2.53. The van der Waals surface area contributed by atoms with Crippen molar-refractivity contribution in [2.45, 2.75) is 43.6 Å². The van der Waals surface area contributed by atoms with E-state index >= 15 is 0 Å². The third kappa shape index (κ3) is 4.82. The van der Waals surface area contributed by atoms with Gasteiger partial charge in [-0.25, -0.2) is 28.5 Å². The Morgan fingerprint density at radius 1 is 1.30 bits per heavy atom. The zero-order valence-corrected chi connectivity index (χ0v) is 22.2. The van der Waals surface area contributed by atoms with Crippen molar-refractivity contribution in [2.24, 2.45) is 0 Å². The number of aromatic nitrogens is 4. The van der Waals surface area contributed by atoms with Crippen LogP contribution in [0.15, 0.2) is 36.7 Å². The van der Waals surface area contributed by atoms with Crippen molar-refractivity contribution < 1.29 is 32.9 Å². The van der Waals surface area contributed by atoms with Gasteiger partial charge in [-0.1, -0.05) is 11.6 Å². The first-order valence-electron chi connectivity index (χ1n) is 12.8. The average Bonchev–Trinajstić information content (AvgIpc) is 3.60. The van der Waals surface area contributed by atoms with Crippen molar-refractivity contribution in [2.75, 3.05) is 42.7 Å². The van der Waals surface area contributed by atoms with Crippen LogP contribution in [0.25, 0.3) is 11.4 Å². The first-order valence-corrected chi connectivity index (χ1v) is 13.2. The summed E-state index contributed by atoms with van der Waals surface area (Å²) in [6.45, 7) is 4.16. The summed E-state index contributed by atoms with van der Waals surface area (Å²) < 4.78 is 45.2. The Hall–Kier alpha value is -3.55. The number of aliphatic carboxylic acids is 1. The first kappa shape index (κ1) is 26.7. The third-order valence-electron chi connectivity index (χ3n) is 7.67. The maximum atomic E-state index is 13.7. The maximum absolute atomic E-state index is 13.7.